The molecule has 5 nitrogen and oxygen atoms in total. The first kappa shape index (κ1) is 13.7. The van der Waals surface area contributed by atoms with Gasteiger partial charge in [0.2, 0.25) is 5.91 Å². The molecule has 1 aromatic rings. The van der Waals surface area contributed by atoms with Crippen molar-refractivity contribution < 1.29 is 14.3 Å². The number of carbonyl (C=O) groups excluding carboxylic acids is 1. The van der Waals surface area contributed by atoms with E-state index in [1.165, 1.54) is 0 Å². The van der Waals surface area contributed by atoms with E-state index in [1.807, 2.05) is 31.2 Å². The van der Waals surface area contributed by atoms with Crippen LogP contribution in [0.5, 0.6) is 11.5 Å². The summed E-state index contributed by atoms with van der Waals surface area (Å²) in [4.78, 5) is 13.5. The number of hydrogen-bond donors (Lipinski definition) is 1. The molecule has 19 heavy (non-hydrogen) atoms. The zero-order chi connectivity index (χ0) is 13.7. The van der Waals surface area contributed by atoms with E-state index in [4.69, 9.17) is 15.2 Å². The highest BCUT2D eigenvalue weighted by Gasteiger charge is 2.24. The van der Waals surface area contributed by atoms with Crippen LogP contribution in [0, 0.1) is 0 Å². The SMILES string of the molecule is CCCN(CC1COc2ccccc2O1)C(=O)CN. The Hall–Kier alpha value is -1.75. The summed E-state index contributed by atoms with van der Waals surface area (Å²) in [6, 6.07) is 7.56. The highest BCUT2D eigenvalue weighted by atomic mass is 16.6. The molecule has 0 aromatic heterocycles. The van der Waals surface area contributed by atoms with Crippen LogP contribution in [-0.2, 0) is 4.79 Å². The molecule has 1 aromatic carbocycles. The third kappa shape index (κ3) is 3.38. The van der Waals surface area contributed by atoms with Crippen molar-refractivity contribution in [3.63, 3.8) is 0 Å². The average molecular weight is 264 g/mol. The van der Waals surface area contributed by atoms with Gasteiger partial charge in [-0.05, 0) is 18.6 Å². The van der Waals surface area contributed by atoms with Gasteiger partial charge < -0.3 is 20.1 Å². The summed E-state index contributed by atoms with van der Waals surface area (Å²) in [6.45, 7) is 3.72. The van der Waals surface area contributed by atoms with E-state index in [2.05, 4.69) is 0 Å². The van der Waals surface area contributed by atoms with Crippen molar-refractivity contribution >= 4 is 5.91 Å². The minimum Gasteiger partial charge on any atom is -0.486 e. The fourth-order valence-corrected chi connectivity index (χ4v) is 2.12. The summed E-state index contributed by atoms with van der Waals surface area (Å²) >= 11 is 0. The molecule has 0 fully saturated rings. The second-order valence-corrected chi connectivity index (χ2v) is 4.54. The van der Waals surface area contributed by atoms with Gasteiger partial charge in [-0.1, -0.05) is 19.1 Å². The zero-order valence-electron chi connectivity index (χ0n) is 11.2. The topological polar surface area (TPSA) is 64.8 Å². The number of benzene rings is 1. The summed E-state index contributed by atoms with van der Waals surface area (Å²) in [5.41, 5.74) is 5.42. The van der Waals surface area contributed by atoms with Gasteiger partial charge in [0.1, 0.15) is 6.61 Å². The minimum absolute atomic E-state index is 0.0319. The van der Waals surface area contributed by atoms with Gasteiger partial charge in [0.25, 0.3) is 0 Å². The van der Waals surface area contributed by atoms with Crippen LogP contribution in [0.1, 0.15) is 13.3 Å². The molecular weight excluding hydrogens is 244 g/mol. The number of nitrogens with two attached hydrogens (primary N) is 1. The molecule has 0 radical (unpaired) electrons. The van der Waals surface area contributed by atoms with E-state index in [0.29, 0.717) is 19.7 Å². The fourth-order valence-electron chi connectivity index (χ4n) is 2.12. The molecule has 1 aliphatic rings. The minimum atomic E-state index is -0.142. The lowest BCUT2D eigenvalue weighted by Crippen LogP contribution is -2.45. The average Bonchev–Trinajstić information content (AvgIpc) is 2.46. The number of rotatable bonds is 5. The zero-order valence-corrected chi connectivity index (χ0v) is 11.2. The van der Waals surface area contributed by atoms with Gasteiger partial charge in [0, 0.05) is 6.54 Å². The van der Waals surface area contributed by atoms with E-state index in [9.17, 15) is 4.79 Å². The Morgan fingerprint density at radius 2 is 2.16 bits per heavy atom. The van der Waals surface area contributed by atoms with Crippen molar-refractivity contribution in [1.29, 1.82) is 0 Å². The van der Waals surface area contributed by atoms with Crippen molar-refractivity contribution in [1.82, 2.24) is 4.90 Å². The van der Waals surface area contributed by atoms with Crippen molar-refractivity contribution in [3.05, 3.63) is 24.3 Å². The Morgan fingerprint density at radius 1 is 1.42 bits per heavy atom. The molecule has 2 rings (SSSR count). The number of carbonyl (C=O) groups is 1. The smallest absolute Gasteiger partial charge is 0.236 e. The lowest BCUT2D eigenvalue weighted by atomic mass is 10.2. The van der Waals surface area contributed by atoms with Gasteiger partial charge >= 0.3 is 0 Å². The molecule has 5 heteroatoms. The summed E-state index contributed by atoms with van der Waals surface area (Å²) in [7, 11) is 0. The fraction of sp³-hybridized carbons (Fsp3) is 0.500. The maximum absolute atomic E-state index is 11.7. The molecule has 104 valence electrons. The van der Waals surface area contributed by atoms with Crippen LogP contribution in [0.15, 0.2) is 24.3 Å². The van der Waals surface area contributed by atoms with E-state index >= 15 is 0 Å². The molecule has 1 amide bonds. The van der Waals surface area contributed by atoms with Gasteiger partial charge in [-0.25, -0.2) is 0 Å². The molecule has 0 aliphatic carbocycles. The monoisotopic (exact) mass is 264 g/mol. The second-order valence-electron chi connectivity index (χ2n) is 4.54. The van der Waals surface area contributed by atoms with Crippen molar-refractivity contribution in [2.45, 2.75) is 19.4 Å². The molecule has 1 heterocycles. The molecule has 2 N–H and O–H groups in total. The van der Waals surface area contributed by atoms with Gasteiger partial charge in [0.15, 0.2) is 17.6 Å². The molecule has 1 aliphatic heterocycles. The van der Waals surface area contributed by atoms with Crippen LogP contribution in [0.3, 0.4) is 0 Å². The quantitative estimate of drug-likeness (QED) is 0.862. The number of ether oxygens (including phenoxy) is 2. The molecule has 0 saturated carbocycles. The highest BCUT2D eigenvalue weighted by molar-refractivity contribution is 5.78. The van der Waals surface area contributed by atoms with E-state index < -0.39 is 0 Å². The third-order valence-electron chi connectivity index (χ3n) is 3.01. The summed E-state index contributed by atoms with van der Waals surface area (Å²) < 4.78 is 11.5. The maximum atomic E-state index is 11.7. The number of nitrogens with zero attached hydrogens (tertiary/aromatic N) is 1. The standard InChI is InChI=1S/C14H20N2O3/c1-2-7-16(14(17)8-15)9-11-10-18-12-5-3-4-6-13(12)19-11/h3-6,11H,2,7-10,15H2,1H3. The summed E-state index contributed by atoms with van der Waals surface area (Å²) in [6.07, 6.45) is 0.757. The predicted octanol–water partition coefficient (Wildman–Crippen LogP) is 1.02. The molecule has 0 spiro atoms. The Kier molecular flexibility index (Phi) is 4.63. The third-order valence-corrected chi connectivity index (χ3v) is 3.01. The van der Waals surface area contributed by atoms with E-state index in [-0.39, 0.29) is 18.6 Å². The number of hydrogen-bond acceptors (Lipinski definition) is 4. The number of para-hydroxylation sites is 2. The Bertz CT molecular complexity index is 436. The Morgan fingerprint density at radius 3 is 2.84 bits per heavy atom. The lowest BCUT2D eigenvalue weighted by Gasteiger charge is -2.31. The van der Waals surface area contributed by atoms with Crippen LogP contribution in [0.4, 0.5) is 0 Å². The highest BCUT2D eigenvalue weighted by Crippen LogP contribution is 2.30. The van der Waals surface area contributed by atoms with E-state index in [0.717, 1.165) is 17.9 Å². The van der Waals surface area contributed by atoms with Crippen molar-refractivity contribution in [2.24, 2.45) is 5.73 Å². The number of fused-ring (bicyclic) bond motifs is 1. The first-order valence-corrected chi connectivity index (χ1v) is 6.61. The molecular formula is C14H20N2O3. The van der Waals surface area contributed by atoms with Crippen LogP contribution >= 0.6 is 0 Å². The molecule has 1 unspecified atom stereocenters. The first-order valence-electron chi connectivity index (χ1n) is 6.61. The van der Waals surface area contributed by atoms with Crippen molar-refractivity contribution in [2.75, 3.05) is 26.2 Å². The predicted molar refractivity (Wildman–Crippen MR) is 72.3 cm³/mol. The van der Waals surface area contributed by atoms with Crippen LogP contribution in [0.25, 0.3) is 0 Å². The molecule has 0 bridgehead atoms. The Balaban J connectivity index is 1.98. The summed E-state index contributed by atoms with van der Waals surface area (Å²) in [5.74, 6) is 1.44. The lowest BCUT2D eigenvalue weighted by molar-refractivity contribution is -0.131. The number of amides is 1. The molecule has 1 atom stereocenters. The normalized spacial score (nSPS) is 17.1. The van der Waals surface area contributed by atoms with Crippen molar-refractivity contribution in [3.8, 4) is 11.5 Å². The Labute approximate surface area is 113 Å². The largest absolute Gasteiger partial charge is 0.486 e. The maximum Gasteiger partial charge on any atom is 0.236 e. The van der Waals surface area contributed by atoms with Crippen LogP contribution in [-0.4, -0.2) is 43.2 Å². The summed E-state index contributed by atoms with van der Waals surface area (Å²) in [5, 5.41) is 0. The van der Waals surface area contributed by atoms with Gasteiger partial charge in [-0.15, -0.1) is 0 Å². The van der Waals surface area contributed by atoms with Gasteiger partial charge in [-0.2, -0.15) is 0 Å². The van der Waals surface area contributed by atoms with Gasteiger partial charge in [-0.3, -0.25) is 4.79 Å². The van der Waals surface area contributed by atoms with Gasteiger partial charge in [0.05, 0.1) is 13.1 Å². The first-order chi connectivity index (χ1) is 9.24. The van der Waals surface area contributed by atoms with Crippen LogP contribution < -0.4 is 15.2 Å². The molecule has 0 saturated heterocycles. The van der Waals surface area contributed by atoms with E-state index in [1.54, 1.807) is 4.90 Å². The van der Waals surface area contributed by atoms with Crippen LogP contribution in [0.2, 0.25) is 0 Å². The second kappa shape index (κ2) is 6.43.